The maximum absolute atomic E-state index is 12.6. The van der Waals surface area contributed by atoms with E-state index in [4.69, 9.17) is 13.7 Å². The first-order valence-corrected chi connectivity index (χ1v) is 12.5. The van der Waals surface area contributed by atoms with E-state index >= 15 is 0 Å². The van der Waals surface area contributed by atoms with Crippen molar-refractivity contribution in [1.82, 2.24) is 4.90 Å². The lowest BCUT2D eigenvalue weighted by molar-refractivity contribution is -0.150. The predicted molar refractivity (Wildman–Crippen MR) is 126 cm³/mol. The number of hydrogen-bond donors (Lipinski definition) is 0. The molecular weight excluding hydrogens is 482 g/mol. The standard InChI is InChI=1S/C23H23NO8S2/c1-4-15(2)31-21(25)14-24-22(26)20(33-23(24)27)13-16-10-11-18(19(12-16)30-3)32-34(28,29)17-8-6-5-7-9-17/h5-13,15H,4,14H2,1-3H3/b20-13-/t15-/m0/s1. The predicted octanol–water partition coefficient (Wildman–Crippen LogP) is 3.84. The minimum absolute atomic E-state index is 0.0124. The van der Waals surface area contributed by atoms with Gasteiger partial charge in [-0.05, 0) is 61.0 Å². The first-order chi connectivity index (χ1) is 16.1. The Labute approximate surface area is 201 Å². The molecule has 9 nitrogen and oxygen atoms in total. The Morgan fingerprint density at radius 1 is 1.12 bits per heavy atom. The molecule has 2 aromatic carbocycles. The number of thioether (sulfide) groups is 1. The quantitative estimate of drug-likeness (QED) is 0.285. The fourth-order valence-corrected chi connectivity index (χ4v) is 4.66. The number of hydrogen-bond acceptors (Lipinski definition) is 9. The molecule has 1 aliphatic heterocycles. The van der Waals surface area contributed by atoms with Crippen molar-refractivity contribution in [3.05, 3.63) is 59.0 Å². The number of nitrogens with zero attached hydrogens (tertiary/aromatic N) is 1. The number of rotatable bonds is 9. The SMILES string of the molecule is CC[C@H](C)OC(=O)CN1C(=O)S/C(=C\c2ccc(OS(=O)(=O)c3ccccc3)c(OC)c2)C1=O. The highest BCUT2D eigenvalue weighted by molar-refractivity contribution is 8.18. The summed E-state index contributed by atoms with van der Waals surface area (Å²) in [5.41, 5.74) is 0.467. The molecule has 0 unspecified atom stereocenters. The van der Waals surface area contributed by atoms with Crippen LogP contribution in [0.1, 0.15) is 25.8 Å². The Morgan fingerprint density at radius 3 is 2.47 bits per heavy atom. The fourth-order valence-electron chi connectivity index (χ4n) is 2.86. The van der Waals surface area contributed by atoms with Gasteiger partial charge in [0.2, 0.25) is 0 Å². The van der Waals surface area contributed by atoms with Gasteiger partial charge in [-0.1, -0.05) is 31.2 Å². The number of amides is 2. The molecule has 1 aliphatic rings. The van der Waals surface area contributed by atoms with Crippen LogP contribution in [0.5, 0.6) is 11.5 Å². The normalized spacial score (nSPS) is 16.0. The van der Waals surface area contributed by atoms with Gasteiger partial charge in [-0.2, -0.15) is 8.42 Å². The van der Waals surface area contributed by atoms with Crippen LogP contribution in [0.3, 0.4) is 0 Å². The van der Waals surface area contributed by atoms with Gasteiger partial charge in [0.1, 0.15) is 11.4 Å². The summed E-state index contributed by atoms with van der Waals surface area (Å²) in [6, 6.07) is 12.0. The van der Waals surface area contributed by atoms with Crippen LogP contribution >= 0.6 is 11.8 Å². The van der Waals surface area contributed by atoms with Gasteiger partial charge in [-0.25, -0.2) is 0 Å². The number of methoxy groups -OCH3 is 1. The van der Waals surface area contributed by atoms with Crippen molar-refractivity contribution in [2.75, 3.05) is 13.7 Å². The lowest BCUT2D eigenvalue weighted by Crippen LogP contribution is -2.35. The lowest BCUT2D eigenvalue weighted by Gasteiger charge is -2.14. The maximum atomic E-state index is 12.6. The summed E-state index contributed by atoms with van der Waals surface area (Å²) in [6.45, 7) is 3.10. The summed E-state index contributed by atoms with van der Waals surface area (Å²) < 4.78 is 40.6. The Hall–Kier alpha value is -3.31. The van der Waals surface area contributed by atoms with Crippen LogP contribution in [0, 0.1) is 0 Å². The van der Waals surface area contributed by atoms with Gasteiger partial charge in [-0.3, -0.25) is 19.3 Å². The van der Waals surface area contributed by atoms with E-state index in [1.54, 1.807) is 25.1 Å². The highest BCUT2D eigenvalue weighted by atomic mass is 32.2. The first-order valence-electron chi connectivity index (χ1n) is 10.3. The summed E-state index contributed by atoms with van der Waals surface area (Å²) in [4.78, 5) is 37.8. The van der Waals surface area contributed by atoms with Crippen LogP contribution in [-0.2, 0) is 24.4 Å². The zero-order valence-electron chi connectivity index (χ0n) is 18.7. The maximum Gasteiger partial charge on any atom is 0.339 e. The third-order valence-corrected chi connectivity index (χ3v) is 6.94. The molecule has 1 fully saturated rings. The molecule has 1 atom stereocenters. The molecule has 0 aromatic heterocycles. The van der Waals surface area contributed by atoms with Gasteiger partial charge < -0.3 is 13.7 Å². The van der Waals surface area contributed by atoms with E-state index in [0.29, 0.717) is 23.7 Å². The fraction of sp³-hybridized carbons (Fsp3) is 0.261. The minimum atomic E-state index is -4.08. The van der Waals surface area contributed by atoms with E-state index in [9.17, 15) is 22.8 Å². The Bertz CT molecular complexity index is 1220. The van der Waals surface area contributed by atoms with Crippen molar-refractivity contribution < 1.29 is 36.5 Å². The van der Waals surface area contributed by atoms with E-state index in [0.717, 1.165) is 4.90 Å². The molecule has 0 aliphatic carbocycles. The Kier molecular flexibility index (Phi) is 8.00. The van der Waals surface area contributed by atoms with Crippen LogP contribution < -0.4 is 8.92 Å². The third kappa shape index (κ3) is 5.97. The molecule has 34 heavy (non-hydrogen) atoms. The molecule has 2 amide bonds. The summed E-state index contributed by atoms with van der Waals surface area (Å²) >= 11 is 0.691. The van der Waals surface area contributed by atoms with Crippen LogP contribution in [0.2, 0.25) is 0 Å². The van der Waals surface area contributed by atoms with E-state index in [1.807, 2.05) is 6.92 Å². The van der Waals surface area contributed by atoms with Crippen LogP contribution in [0.4, 0.5) is 4.79 Å². The number of imide groups is 1. The Morgan fingerprint density at radius 2 is 1.82 bits per heavy atom. The van der Waals surface area contributed by atoms with Crippen molar-refractivity contribution >= 4 is 45.1 Å². The largest absolute Gasteiger partial charge is 0.493 e. The number of esters is 1. The third-order valence-electron chi connectivity index (χ3n) is 4.79. The number of ether oxygens (including phenoxy) is 2. The second-order valence-electron chi connectivity index (χ2n) is 7.24. The van der Waals surface area contributed by atoms with Gasteiger partial charge in [0.05, 0.1) is 18.1 Å². The average Bonchev–Trinajstić information content (AvgIpc) is 3.07. The highest BCUT2D eigenvalue weighted by Crippen LogP contribution is 2.35. The van der Waals surface area contributed by atoms with Gasteiger partial charge in [0.15, 0.2) is 11.5 Å². The first kappa shape index (κ1) is 25.3. The van der Waals surface area contributed by atoms with Crippen molar-refractivity contribution in [1.29, 1.82) is 0 Å². The van der Waals surface area contributed by atoms with Crippen molar-refractivity contribution in [3.63, 3.8) is 0 Å². The molecule has 0 radical (unpaired) electrons. The zero-order chi connectivity index (χ0) is 24.9. The number of carbonyl (C=O) groups excluding carboxylic acids is 3. The van der Waals surface area contributed by atoms with Crippen LogP contribution in [-0.4, -0.2) is 50.2 Å². The van der Waals surface area contributed by atoms with Gasteiger partial charge in [-0.15, -0.1) is 0 Å². The number of carbonyl (C=O) groups is 3. The zero-order valence-corrected chi connectivity index (χ0v) is 20.4. The van der Waals surface area contributed by atoms with Crippen LogP contribution in [0.15, 0.2) is 58.3 Å². The van der Waals surface area contributed by atoms with Gasteiger partial charge in [0.25, 0.3) is 11.1 Å². The van der Waals surface area contributed by atoms with Crippen molar-refractivity contribution in [3.8, 4) is 11.5 Å². The second-order valence-corrected chi connectivity index (χ2v) is 9.78. The van der Waals surface area contributed by atoms with Crippen molar-refractivity contribution in [2.45, 2.75) is 31.3 Å². The van der Waals surface area contributed by atoms with E-state index in [-0.39, 0.29) is 27.4 Å². The molecule has 0 saturated carbocycles. The summed E-state index contributed by atoms with van der Waals surface area (Å²) in [5, 5.41) is -0.585. The lowest BCUT2D eigenvalue weighted by atomic mass is 10.2. The average molecular weight is 506 g/mol. The molecule has 11 heteroatoms. The van der Waals surface area contributed by atoms with E-state index in [1.165, 1.54) is 43.5 Å². The molecule has 0 N–H and O–H groups in total. The van der Waals surface area contributed by atoms with Crippen molar-refractivity contribution in [2.24, 2.45) is 0 Å². The second kappa shape index (κ2) is 10.7. The molecule has 1 heterocycles. The topological polar surface area (TPSA) is 116 Å². The molecule has 3 rings (SSSR count). The van der Waals surface area contributed by atoms with Gasteiger partial charge in [0, 0.05) is 0 Å². The summed E-state index contributed by atoms with van der Waals surface area (Å²) in [6.07, 6.45) is 1.74. The highest BCUT2D eigenvalue weighted by Gasteiger charge is 2.37. The molecular formula is C23H23NO8S2. The molecule has 180 valence electrons. The molecule has 1 saturated heterocycles. The van der Waals surface area contributed by atoms with E-state index < -0.39 is 33.8 Å². The smallest absolute Gasteiger partial charge is 0.339 e. The number of benzene rings is 2. The Balaban J connectivity index is 1.78. The molecule has 2 aromatic rings. The molecule has 0 bridgehead atoms. The van der Waals surface area contributed by atoms with E-state index in [2.05, 4.69) is 0 Å². The summed E-state index contributed by atoms with van der Waals surface area (Å²) in [7, 11) is -2.73. The minimum Gasteiger partial charge on any atom is -0.493 e. The van der Waals surface area contributed by atoms with Gasteiger partial charge >= 0.3 is 16.1 Å². The summed E-state index contributed by atoms with van der Waals surface area (Å²) in [5.74, 6) is -1.21. The van der Waals surface area contributed by atoms with Crippen LogP contribution in [0.25, 0.3) is 6.08 Å². The molecule has 0 spiro atoms. The monoisotopic (exact) mass is 505 g/mol.